The lowest BCUT2D eigenvalue weighted by Crippen LogP contribution is -2.75. The van der Waals surface area contributed by atoms with E-state index in [1.807, 2.05) is 59.6 Å². The van der Waals surface area contributed by atoms with Gasteiger partial charge in [-0.2, -0.15) is 0 Å². The molecule has 3 aliphatic rings. The van der Waals surface area contributed by atoms with Crippen LogP contribution in [0.1, 0.15) is 40.0 Å². The van der Waals surface area contributed by atoms with E-state index < -0.39 is 68.5 Å². The zero-order valence-electron chi connectivity index (χ0n) is 48.6. The molecule has 1 aromatic heterocycles. The quantitative estimate of drug-likeness (QED) is 0.142. The first-order valence-electron chi connectivity index (χ1n) is 28.4. The van der Waals surface area contributed by atoms with Gasteiger partial charge in [-0.3, -0.25) is 4.90 Å². The first kappa shape index (κ1) is 32.3. The fourth-order valence-corrected chi connectivity index (χ4v) is 16.4. The van der Waals surface area contributed by atoms with Crippen LogP contribution in [0.4, 0.5) is 39.9 Å². The molecule has 1 unspecified atom stereocenters. The minimum absolute atomic E-state index is 0.0914. The van der Waals surface area contributed by atoms with E-state index in [0.717, 1.165) is 34.1 Å². The van der Waals surface area contributed by atoms with Crippen molar-refractivity contribution in [1.82, 2.24) is 4.98 Å². The van der Waals surface area contributed by atoms with Gasteiger partial charge in [0.1, 0.15) is 24.0 Å². The Hall–Kier alpha value is -8.45. The molecule has 9 aromatic carbocycles. The Morgan fingerprint density at radius 1 is 0.514 bits per heavy atom. The van der Waals surface area contributed by atoms with Gasteiger partial charge >= 0.3 is 0 Å². The zero-order valence-corrected chi connectivity index (χ0v) is 39.6. The highest BCUT2D eigenvalue weighted by Crippen LogP contribution is 2.51. The molecule has 0 bridgehead atoms. The predicted molar refractivity (Wildman–Crippen MR) is 293 cm³/mol. The van der Waals surface area contributed by atoms with E-state index in [2.05, 4.69) is 134 Å². The number of benzene rings is 9. The van der Waals surface area contributed by atoms with Crippen molar-refractivity contribution in [3.05, 3.63) is 242 Å². The van der Waals surface area contributed by atoms with Crippen LogP contribution < -0.4 is 40.2 Å². The number of pyridine rings is 1. The molecular weight excluding hydrogens is 869 g/mol. The van der Waals surface area contributed by atoms with Crippen LogP contribution in [0.5, 0.6) is 11.5 Å². The van der Waals surface area contributed by atoms with Crippen LogP contribution in [0.2, 0.25) is 0 Å². The third-order valence-corrected chi connectivity index (χ3v) is 18.8. The fraction of sp³-hybridized carbons (Fsp3) is 0.0781. The number of aromatic nitrogens is 1. The molecule has 5 nitrogen and oxygen atoms in total. The van der Waals surface area contributed by atoms with Crippen molar-refractivity contribution in [3.8, 4) is 44.9 Å². The number of fused-ring (bicyclic) bond motifs is 6. The van der Waals surface area contributed by atoms with E-state index >= 15 is 0 Å². The van der Waals surface area contributed by atoms with Gasteiger partial charge in [-0.05, 0) is 103 Å². The van der Waals surface area contributed by atoms with Crippen molar-refractivity contribution < 1.29 is 18.4 Å². The molecule has 70 heavy (non-hydrogen) atoms. The van der Waals surface area contributed by atoms with Crippen LogP contribution in [0.25, 0.3) is 33.4 Å². The summed E-state index contributed by atoms with van der Waals surface area (Å²) in [5.74, 6) is 1.97. The van der Waals surface area contributed by atoms with Gasteiger partial charge in [0, 0.05) is 40.8 Å². The van der Waals surface area contributed by atoms with Crippen molar-refractivity contribution >= 4 is 68.8 Å². The van der Waals surface area contributed by atoms with Gasteiger partial charge < -0.3 is 14.5 Å². The largest absolute Gasteiger partial charge is 0.457 e. The van der Waals surface area contributed by atoms with E-state index in [4.69, 9.17) is 23.4 Å². The van der Waals surface area contributed by atoms with Crippen molar-refractivity contribution in [2.75, 3.05) is 21.4 Å². The summed E-state index contributed by atoms with van der Waals surface area (Å²) in [5, 5.41) is 5.18. The molecule has 0 radical (unpaired) electrons. The summed E-state index contributed by atoms with van der Waals surface area (Å²) in [6, 6.07) is 52.5. The van der Waals surface area contributed by atoms with Crippen molar-refractivity contribution in [1.29, 1.82) is 0 Å². The number of hydrogen-bond acceptors (Lipinski definition) is 5. The summed E-state index contributed by atoms with van der Waals surface area (Å²) in [6.45, 7) is 6.74. The minimum atomic E-state index is -2.95. The van der Waals surface area contributed by atoms with Gasteiger partial charge in [-0.1, -0.05) is 190 Å². The van der Waals surface area contributed by atoms with Gasteiger partial charge in [0.25, 0.3) is 0 Å². The van der Waals surface area contributed by atoms with Gasteiger partial charge in [0.15, 0.2) is 8.07 Å². The van der Waals surface area contributed by atoms with E-state index in [1.165, 1.54) is 31.9 Å². The Balaban J connectivity index is 0.952. The van der Waals surface area contributed by atoms with Crippen molar-refractivity contribution in [2.24, 2.45) is 0 Å². The Bertz CT molecular complexity index is 4100. The molecule has 0 N–H and O–H groups in total. The average molecular weight is 929 g/mol. The smallest absolute Gasteiger partial charge is 0.185 e. The second-order valence-electron chi connectivity index (χ2n) is 18.8. The predicted octanol–water partition coefficient (Wildman–Crippen LogP) is 13.9. The molecule has 0 fully saturated rings. The lowest BCUT2D eigenvalue weighted by Gasteiger charge is -2.43. The molecule has 3 aliphatic heterocycles. The highest BCUT2D eigenvalue weighted by atomic mass is 28.3. The van der Waals surface area contributed by atoms with Gasteiger partial charge in [0.2, 0.25) is 0 Å². The molecule has 0 saturated heterocycles. The second-order valence-corrected chi connectivity index (χ2v) is 22.5. The number of anilines is 7. The molecule has 10 aromatic rings. The summed E-state index contributed by atoms with van der Waals surface area (Å²) in [7, 11) is -2.95. The summed E-state index contributed by atoms with van der Waals surface area (Å²) >= 11 is 0. The minimum Gasteiger partial charge on any atom is -0.457 e. The lowest BCUT2D eigenvalue weighted by molar-refractivity contribution is 0.483. The Kier molecular flexibility index (Phi) is 7.56. The summed E-state index contributed by atoms with van der Waals surface area (Å²) in [5.41, 5.74) is 8.27. The van der Waals surface area contributed by atoms with E-state index in [0.29, 0.717) is 22.9 Å². The molecule has 6 heteroatoms. The maximum absolute atomic E-state index is 9.12. The zero-order chi connectivity index (χ0) is 55.7. The van der Waals surface area contributed by atoms with E-state index in [9.17, 15) is 0 Å². The molecule has 4 heterocycles. The normalized spacial score (nSPS) is 17.3. The number of ether oxygens (including phenoxy) is 1. The Labute approximate surface area is 425 Å². The first-order valence-corrected chi connectivity index (χ1v) is 25.4. The van der Waals surface area contributed by atoms with Gasteiger partial charge in [0.05, 0.1) is 36.5 Å². The van der Waals surface area contributed by atoms with Crippen LogP contribution in [0.3, 0.4) is 0 Å². The molecule has 1 atom stereocenters. The van der Waals surface area contributed by atoms with Crippen LogP contribution in [-0.4, -0.2) is 19.7 Å². The number of nitrogens with zero attached hydrogens (tertiary/aromatic N) is 4. The highest BCUT2D eigenvalue weighted by Gasteiger charge is 2.55. The van der Waals surface area contributed by atoms with Crippen molar-refractivity contribution in [3.63, 3.8) is 0 Å². The standard InChI is InChI=1S/C64H50N4OSi/c1-64(2,3)46-38-39-65-61(40-46)68-57-34-19-31-54-53-28-13-16-35-59(53)70(63(54)57,50-26-11-6-12-27-50)60-37-36-49(42-58(60)68)69-48-25-17-24-47(41-48)66-43-67(56-33-15-14-32-55(56)66)62-51(44-20-7-4-8-21-44)29-18-30-52(62)45-22-9-5-10-23-45/h4-42H,43H2,1-3H3/i4D,5D,7D,8D,9D,10D,20D,21D,22D,23D. The lowest BCUT2D eigenvalue weighted by atomic mass is 9.87. The Morgan fingerprint density at radius 2 is 1.13 bits per heavy atom. The van der Waals surface area contributed by atoms with Gasteiger partial charge in [-0.15, -0.1) is 0 Å². The first-order chi connectivity index (χ1) is 38.5. The Morgan fingerprint density at radius 3 is 1.87 bits per heavy atom. The number of hydrogen-bond donors (Lipinski definition) is 0. The van der Waals surface area contributed by atoms with Crippen LogP contribution in [0.15, 0.2) is 236 Å². The highest BCUT2D eigenvalue weighted by molar-refractivity contribution is 7.23. The fourth-order valence-electron chi connectivity index (χ4n) is 10.9. The summed E-state index contributed by atoms with van der Waals surface area (Å²) < 4.78 is 94.9. The molecule has 0 spiro atoms. The van der Waals surface area contributed by atoms with Crippen molar-refractivity contribution in [2.45, 2.75) is 26.2 Å². The SMILES string of the molecule is [2H]c1c([2H])c([2H])c(-c2cccc(-c3c([2H])c([2H])c([2H])c([2H])c3[2H])c2N2CN(c3cccc(Oc4ccc5c(c4)N(c4cc(C(C)(C)C)ccn4)c4cccc6c4[Si]5(c4ccccc4)c4ccccc4-6)c3)c3ccccc32)c([2H])c1[2H]. The van der Waals surface area contributed by atoms with Crippen LogP contribution in [0, 0.1) is 0 Å². The molecule has 0 saturated carbocycles. The summed E-state index contributed by atoms with van der Waals surface area (Å²) in [6.07, 6.45) is 1.90. The maximum atomic E-state index is 9.12. The third kappa shape index (κ3) is 6.55. The molecule has 336 valence electrons. The average Bonchev–Trinajstić information content (AvgIpc) is 2.41. The number of rotatable bonds is 8. The van der Waals surface area contributed by atoms with Crippen LogP contribution >= 0.6 is 0 Å². The molecule has 0 amide bonds. The third-order valence-electron chi connectivity index (χ3n) is 13.9. The number of para-hydroxylation sites is 3. The second kappa shape index (κ2) is 16.4. The topological polar surface area (TPSA) is 31.8 Å². The molecule has 0 aliphatic carbocycles. The van der Waals surface area contributed by atoms with Crippen LogP contribution in [-0.2, 0) is 5.41 Å². The van der Waals surface area contributed by atoms with E-state index in [-0.39, 0.29) is 34.3 Å². The molecular formula is C64H50N4OSi. The van der Waals surface area contributed by atoms with E-state index in [1.54, 1.807) is 18.2 Å². The molecule has 13 rings (SSSR count). The maximum Gasteiger partial charge on any atom is 0.185 e. The monoisotopic (exact) mass is 928 g/mol. The van der Waals surface area contributed by atoms with Gasteiger partial charge in [-0.25, -0.2) is 4.98 Å². The summed E-state index contributed by atoms with van der Waals surface area (Å²) in [4.78, 5) is 11.4.